The molecule has 0 spiro atoms. The number of aryl methyl sites for hydroxylation is 1. The summed E-state index contributed by atoms with van der Waals surface area (Å²) in [4.78, 5) is 81.2. The number of nitrogens with one attached hydrogen (secondary N) is 3. The Hall–Kier alpha value is -4.87. The lowest BCUT2D eigenvalue weighted by atomic mass is 9.80. The molecule has 3 aromatic rings. The molecule has 1 saturated heterocycles. The molecule has 6 amide bonds. The molecule has 2 aliphatic heterocycles. The standard InChI is InChI=1S/C33H36N6O6/c1-33(2,18-8-9-18)17-26(29(42)34-3)38(28(41)15-12-24-21-6-4-5-7-23(21)36-37-24)19-10-11-20-22(16-19)32(45)39(31(20)44)25-13-14-27(40)35-30(25)43/h4-7,10-11,16,18,25-26H,8-9,12-15,17H2,1-3H3,(H,34,42)(H,36,37)(H,35,40,43). The van der Waals surface area contributed by atoms with E-state index in [1.165, 1.54) is 24.1 Å². The fourth-order valence-corrected chi connectivity index (χ4v) is 6.66. The molecule has 3 heterocycles. The van der Waals surface area contributed by atoms with Gasteiger partial charge in [-0.15, -0.1) is 0 Å². The van der Waals surface area contributed by atoms with Gasteiger partial charge in [0.2, 0.25) is 23.6 Å². The molecule has 1 aliphatic carbocycles. The van der Waals surface area contributed by atoms with E-state index in [2.05, 4.69) is 34.7 Å². The average molecular weight is 613 g/mol. The minimum absolute atomic E-state index is 0.00749. The van der Waals surface area contributed by atoms with Crippen LogP contribution in [-0.2, 0) is 25.6 Å². The molecule has 6 rings (SSSR count). The number of anilines is 1. The highest BCUT2D eigenvalue weighted by molar-refractivity contribution is 6.24. The monoisotopic (exact) mass is 612 g/mol. The number of amides is 6. The van der Waals surface area contributed by atoms with E-state index >= 15 is 0 Å². The lowest BCUT2D eigenvalue weighted by Crippen LogP contribution is -2.54. The number of H-pyrrole nitrogens is 1. The summed E-state index contributed by atoms with van der Waals surface area (Å²) >= 11 is 0. The van der Waals surface area contributed by atoms with Gasteiger partial charge in [0.25, 0.3) is 11.8 Å². The number of likely N-dealkylation sites (N-methyl/N-ethyl adjacent to an activating group) is 1. The first-order valence-corrected chi connectivity index (χ1v) is 15.3. The van der Waals surface area contributed by atoms with Crippen LogP contribution in [-0.4, -0.2) is 69.7 Å². The van der Waals surface area contributed by atoms with E-state index in [-0.39, 0.29) is 47.6 Å². The van der Waals surface area contributed by atoms with Crippen LogP contribution in [0.15, 0.2) is 42.5 Å². The molecule has 0 radical (unpaired) electrons. The fourth-order valence-electron chi connectivity index (χ4n) is 6.66. The minimum Gasteiger partial charge on any atom is -0.357 e. The number of carbonyl (C=O) groups excluding carboxylic acids is 6. The van der Waals surface area contributed by atoms with Crippen LogP contribution in [0.5, 0.6) is 0 Å². The zero-order chi connectivity index (χ0) is 32.0. The number of hydrogen-bond acceptors (Lipinski definition) is 7. The first kappa shape index (κ1) is 30.2. The van der Waals surface area contributed by atoms with E-state index in [1.807, 2.05) is 24.3 Å². The molecule has 0 bridgehead atoms. The van der Waals surface area contributed by atoms with Gasteiger partial charge in [0.1, 0.15) is 12.1 Å². The van der Waals surface area contributed by atoms with Crippen molar-refractivity contribution in [1.82, 2.24) is 25.7 Å². The average Bonchev–Trinajstić information content (AvgIpc) is 3.77. The number of aromatic amines is 1. The van der Waals surface area contributed by atoms with Crippen LogP contribution in [0.25, 0.3) is 10.9 Å². The molecule has 234 valence electrons. The molecule has 2 fully saturated rings. The van der Waals surface area contributed by atoms with Crippen molar-refractivity contribution >= 4 is 52.0 Å². The van der Waals surface area contributed by atoms with Crippen molar-refractivity contribution in [3.63, 3.8) is 0 Å². The summed E-state index contributed by atoms with van der Waals surface area (Å²) in [5.41, 5.74) is 1.79. The molecule has 12 heteroatoms. The molecule has 3 N–H and O–H groups in total. The Bertz CT molecular complexity index is 1740. The Morgan fingerprint density at radius 3 is 2.49 bits per heavy atom. The van der Waals surface area contributed by atoms with E-state index < -0.39 is 35.7 Å². The van der Waals surface area contributed by atoms with Crippen molar-refractivity contribution in [2.45, 2.75) is 70.9 Å². The maximum absolute atomic E-state index is 14.2. The van der Waals surface area contributed by atoms with Gasteiger partial charge in [0.05, 0.1) is 16.6 Å². The molecule has 2 unspecified atom stereocenters. The zero-order valence-electron chi connectivity index (χ0n) is 25.5. The van der Waals surface area contributed by atoms with Crippen molar-refractivity contribution in [3.8, 4) is 0 Å². The summed E-state index contributed by atoms with van der Waals surface area (Å²) in [6, 6.07) is 10.1. The number of hydrogen-bond donors (Lipinski definition) is 3. The molecular formula is C33H36N6O6. The SMILES string of the molecule is CNC(=O)C(CC(C)(C)C1CC1)N(C(=O)CCc1[nH]nc2ccccc12)c1ccc2c(c1)C(=O)N(C1CCC(=O)NC1=O)C2=O. The second kappa shape index (κ2) is 11.6. The summed E-state index contributed by atoms with van der Waals surface area (Å²) < 4.78 is 0. The van der Waals surface area contributed by atoms with E-state index in [1.54, 1.807) is 6.07 Å². The molecule has 2 aromatic carbocycles. The fraction of sp³-hybridized carbons (Fsp3) is 0.424. The molecular weight excluding hydrogens is 576 g/mol. The van der Waals surface area contributed by atoms with Gasteiger partial charge >= 0.3 is 0 Å². The Kier molecular flexibility index (Phi) is 7.75. The van der Waals surface area contributed by atoms with Crippen molar-refractivity contribution in [1.29, 1.82) is 0 Å². The van der Waals surface area contributed by atoms with E-state index in [9.17, 15) is 28.8 Å². The number of carbonyl (C=O) groups is 6. The van der Waals surface area contributed by atoms with Crippen LogP contribution in [0.3, 0.4) is 0 Å². The van der Waals surface area contributed by atoms with Crippen molar-refractivity contribution in [2.75, 3.05) is 11.9 Å². The minimum atomic E-state index is -1.11. The second-order valence-corrected chi connectivity index (χ2v) is 12.8. The number of imide groups is 2. The first-order chi connectivity index (χ1) is 21.5. The van der Waals surface area contributed by atoms with Gasteiger partial charge in [-0.2, -0.15) is 5.10 Å². The molecule has 1 saturated carbocycles. The lowest BCUT2D eigenvalue weighted by Gasteiger charge is -2.36. The number of piperidine rings is 1. The van der Waals surface area contributed by atoms with Gasteiger partial charge < -0.3 is 5.32 Å². The lowest BCUT2D eigenvalue weighted by molar-refractivity contribution is -0.136. The number of para-hydroxylation sites is 1. The van der Waals surface area contributed by atoms with Gasteiger partial charge in [-0.25, -0.2) is 0 Å². The molecule has 3 aliphatic rings. The second-order valence-electron chi connectivity index (χ2n) is 12.8. The molecule has 45 heavy (non-hydrogen) atoms. The van der Waals surface area contributed by atoms with Crippen LogP contribution in [0.4, 0.5) is 5.69 Å². The molecule has 1 aromatic heterocycles. The van der Waals surface area contributed by atoms with E-state index in [0.29, 0.717) is 24.4 Å². The summed E-state index contributed by atoms with van der Waals surface area (Å²) in [7, 11) is 1.53. The predicted molar refractivity (Wildman–Crippen MR) is 164 cm³/mol. The summed E-state index contributed by atoms with van der Waals surface area (Å²) in [5.74, 6) is -2.72. The van der Waals surface area contributed by atoms with Crippen molar-refractivity contribution < 1.29 is 28.8 Å². The number of fused-ring (bicyclic) bond motifs is 2. The Morgan fingerprint density at radius 2 is 1.78 bits per heavy atom. The summed E-state index contributed by atoms with van der Waals surface area (Å²) in [6.07, 6.45) is 2.94. The Balaban J connectivity index is 1.35. The Morgan fingerprint density at radius 1 is 1.04 bits per heavy atom. The normalized spacial score (nSPS) is 19.0. The first-order valence-electron chi connectivity index (χ1n) is 15.3. The third-order valence-corrected chi connectivity index (χ3v) is 9.36. The zero-order valence-corrected chi connectivity index (χ0v) is 25.5. The topological polar surface area (TPSA) is 162 Å². The van der Waals surface area contributed by atoms with E-state index in [0.717, 1.165) is 34.3 Å². The Labute approximate surface area is 259 Å². The quantitative estimate of drug-likeness (QED) is 0.297. The smallest absolute Gasteiger partial charge is 0.262 e. The number of aromatic nitrogens is 2. The molecule has 2 atom stereocenters. The largest absolute Gasteiger partial charge is 0.357 e. The van der Waals surface area contributed by atoms with Gasteiger partial charge in [0.15, 0.2) is 0 Å². The van der Waals surface area contributed by atoms with Gasteiger partial charge in [-0.05, 0) is 67.7 Å². The van der Waals surface area contributed by atoms with Crippen LogP contribution in [0, 0.1) is 11.3 Å². The van der Waals surface area contributed by atoms with Gasteiger partial charge in [-0.1, -0.05) is 32.0 Å². The predicted octanol–water partition coefficient (Wildman–Crippen LogP) is 2.87. The van der Waals surface area contributed by atoms with Crippen LogP contribution in [0.1, 0.15) is 78.8 Å². The number of benzene rings is 2. The maximum atomic E-state index is 14.2. The third kappa shape index (κ3) is 5.60. The highest BCUT2D eigenvalue weighted by Gasteiger charge is 2.46. The van der Waals surface area contributed by atoms with Gasteiger partial charge in [0, 0.05) is 36.7 Å². The molecule has 12 nitrogen and oxygen atoms in total. The summed E-state index contributed by atoms with van der Waals surface area (Å²) in [6.45, 7) is 4.20. The van der Waals surface area contributed by atoms with Crippen molar-refractivity contribution in [3.05, 3.63) is 59.3 Å². The third-order valence-electron chi connectivity index (χ3n) is 9.36. The highest BCUT2D eigenvalue weighted by Crippen LogP contribution is 2.48. The summed E-state index contributed by atoms with van der Waals surface area (Å²) in [5, 5.41) is 13.2. The van der Waals surface area contributed by atoms with Crippen LogP contribution < -0.4 is 15.5 Å². The number of nitrogens with zero attached hydrogens (tertiary/aromatic N) is 3. The van der Waals surface area contributed by atoms with E-state index in [4.69, 9.17) is 0 Å². The van der Waals surface area contributed by atoms with Crippen LogP contribution >= 0.6 is 0 Å². The maximum Gasteiger partial charge on any atom is 0.262 e. The van der Waals surface area contributed by atoms with Crippen molar-refractivity contribution in [2.24, 2.45) is 11.3 Å². The highest BCUT2D eigenvalue weighted by atomic mass is 16.2. The van der Waals surface area contributed by atoms with Gasteiger partial charge in [-0.3, -0.25) is 49.0 Å². The van der Waals surface area contributed by atoms with Crippen LogP contribution in [0.2, 0.25) is 0 Å². The number of rotatable bonds is 10.